The Hall–Kier alpha value is -2.84. The van der Waals surface area contributed by atoms with Crippen LogP contribution in [0.1, 0.15) is 24.4 Å². The first kappa shape index (κ1) is 18.9. The van der Waals surface area contributed by atoms with Crippen LogP contribution in [0.2, 0.25) is 0 Å². The predicted octanol–water partition coefficient (Wildman–Crippen LogP) is 3.42. The van der Waals surface area contributed by atoms with E-state index in [9.17, 15) is 18.3 Å². The van der Waals surface area contributed by atoms with Crippen LogP contribution in [-0.4, -0.2) is 36.8 Å². The first-order valence-corrected chi connectivity index (χ1v) is 9.94. The molecular formula is C19H20N2O5S. The monoisotopic (exact) mass is 388 g/mol. The largest absolute Gasteiger partial charge is 0.506 e. The van der Waals surface area contributed by atoms with E-state index in [4.69, 9.17) is 4.42 Å². The van der Waals surface area contributed by atoms with Gasteiger partial charge in [-0.2, -0.15) is 4.31 Å². The maximum atomic E-state index is 12.6. The van der Waals surface area contributed by atoms with E-state index in [0.717, 1.165) is 5.39 Å². The molecule has 1 aromatic heterocycles. The van der Waals surface area contributed by atoms with Crippen molar-refractivity contribution in [3.05, 3.63) is 54.3 Å². The molecule has 0 aliphatic carbocycles. The van der Waals surface area contributed by atoms with Crippen LogP contribution in [0.15, 0.2) is 57.8 Å². The molecule has 27 heavy (non-hydrogen) atoms. The third-order valence-corrected chi connectivity index (χ3v) is 6.25. The Kier molecular flexibility index (Phi) is 5.20. The molecule has 0 unspecified atom stereocenters. The van der Waals surface area contributed by atoms with Gasteiger partial charge in [-0.1, -0.05) is 32.0 Å². The number of nitrogens with one attached hydrogen (secondary N) is 1. The van der Waals surface area contributed by atoms with Crippen LogP contribution in [0.4, 0.5) is 5.69 Å². The Bertz CT molecular complexity index is 1050. The van der Waals surface area contributed by atoms with Crippen molar-refractivity contribution in [3.63, 3.8) is 0 Å². The molecule has 7 nitrogen and oxygen atoms in total. The topological polar surface area (TPSA) is 99.9 Å². The van der Waals surface area contributed by atoms with E-state index in [-0.39, 0.29) is 22.1 Å². The van der Waals surface area contributed by atoms with Crippen LogP contribution in [0.5, 0.6) is 5.75 Å². The van der Waals surface area contributed by atoms with Gasteiger partial charge in [-0.15, -0.1) is 0 Å². The van der Waals surface area contributed by atoms with E-state index < -0.39 is 15.9 Å². The molecule has 0 aliphatic heterocycles. The number of hydrogen-bond donors (Lipinski definition) is 2. The minimum absolute atomic E-state index is 0.00585. The third-order valence-electron chi connectivity index (χ3n) is 4.21. The Morgan fingerprint density at radius 3 is 2.48 bits per heavy atom. The van der Waals surface area contributed by atoms with Crippen LogP contribution in [-0.2, 0) is 10.0 Å². The second kappa shape index (κ2) is 7.42. The van der Waals surface area contributed by atoms with Crippen molar-refractivity contribution in [3.8, 4) is 5.75 Å². The highest BCUT2D eigenvalue weighted by atomic mass is 32.2. The van der Waals surface area contributed by atoms with Gasteiger partial charge >= 0.3 is 0 Å². The van der Waals surface area contributed by atoms with E-state index in [2.05, 4.69) is 5.32 Å². The van der Waals surface area contributed by atoms with Crippen LogP contribution < -0.4 is 5.32 Å². The van der Waals surface area contributed by atoms with Gasteiger partial charge in [0.1, 0.15) is 11.3 Å². The molecule has 1 amide bonds. The number of aromatic hydroxyl groups is 1. The molecule has 3 aromatic rings. The second-order valence-electron chi connectivity index (χ2n) is 5.87. The van der Waals surface area contributed by atoms with Gasteiger partial charge in [0.15, 0.2) is 5.76 Å². The van der Waals surface area contributed by atoms with Gasteiger partial charge in [0.05, 0.1) is 10.6 Å². The summed E-state index contributed by atoms with van der Waals surface area (Å²) in [6, 6.07) is 12.5. The number of carbonyl (C=O) groups excluding carboxylic acids is 1. The van der Waals surface area contributed by atoms with Crippen LogP contribution in [0, 0.1) is 0 Å². The number of carbonyl (C=O) groups is 1. The van der Waals surface area contributed by atoms with E-state index >= 15 is 0 Å². The number of para-hydroxylation sites is 1. The molecule has 0 fully saturated rings. The standard InChI is InChI=1S/C19H20N2O5S/c1-3-21(4-2)27(24,25)14-9-10-16(22)15(12-14)20-19(23)18-11-13-7-5-6-8-17(13)26-18/h5-12,22H,3-4H2,1-2H3,(H,20,23). The molecule has 0 saturated heterocycles. The number of phenols is 1. The maximum absolute atomic E-state index is 12.6. The molecule has 0 aliphatic rings. The number of phenolic OH excluding ortho intramolecular Hbond substituents is 1. The fourth-order valence-corrected chi connectivity index (χ4v) is 4.25. The lowest BCUT2D eigenvalue weighted by molar-refractivity contribution is 0.0998. The molecule has 8 heteroatoms. The molecule has 3 rings (SSSR count). The molecule has 0 saturated carbocycles. The number of anilines is 1. The number of fused-ring (bicyclic) bond motifs is 1. The van der Waals surface area contributed by atoms with Gasteiger partial charge in [0, 0.05) is 18.5 Å². The van der Waals surface area contributed by atoms with Gasteiger partial charge in [0.25, 0.3) is 5.91 Å². The number of sulfonamides is 1. The van der Waals surface area contributed by atoms with Crippen molar-refractivity contribution in [2.75, 3.05) is 18.4 Å². The quantitative estimate of drug-likeness (QED) is 0.630. The Morgan fingerprint density at radius 2 is 1.81 bits per heavy atom. The lowest BCUT2D eigenvalue weighted by Gasteiger charge is -2.19. The van der Waals surface area contributed by atoms with E-state index in [1.54, 1.807) is 32.0 Å². The first-order valence-electron chi connectivity index (χ1n) is 8.50. The minimum Gasteiger partial charge on any atom is -0.506 e. The summed E-state index contributed by atoms with van der Waals surface area (Å²) in [5.74, 6) is -0.760. The average Bonchev–Trinajstić information content (AvgIpc) is 3.08. The summed E-state index contributed by atoms with van der Waals surface area (Å²) >= 11 is 0. The maximum Gasteiger partial charge on any atom is 0.291 e. The lowest BCUT2D eigenvalue weighted by Crippen LogP contribution is -2.30. The van der Waals surface area contributed by atoms with Crippen LogP contribution in [0.25, 0.3) is 11.0 Å². The number of furan rings is 1. The number of hydrogen-bond acceptors (Lipinski definition) is 5. The predicted molar refractivity (Wildman–Crippen MR) is 102 cm³/mol. The Labute approximate surface area is 157 Å². The average molecular weight is 388 g/mol. The first-order chi connectivity index (χ1) is 12.9. The van der Waals surface area contributed by atoms with Crippen molar-refractivity contribution >= 4 is 32.6 Å². The molecule has 0 spiro atoms. The summed E-state index contributed by atoms with van der Waals surface area (Å²) in [4.78, 5) is 12.5. The normalized spacial score (nSPS) is 11.8. The Morgan fingerprint density at radius 1 is 1.11 bits per heavy atom. The van der Waals surface area contributed by atoms with Crippen molar-refractivity contribution in [2.24, 2.45) is 0 Å². The van der Waals surface area contributed by atoms with E-state index in [1.165, 1.54) is 22.5 Å². The van der Waals surface area contributed by atoms with Gasteiger partial charge in [-0.25, -0.2) is 8.42 Å². The van der Waals surface area contributed by atoms with Gasteiger partial charge in [0.2, 0.25) is 10.0 Å². The smallest absolute Gasteiger partial charge is 0.291 e. The highest BCUT2D eigenvalue weighted by molar-refractivity contribution is 7.89. The summed E-state index contributed by atoms with van der Waals surface area (Å²) in [5.41, 5.74) is 0.554. The van der Waals surface area contributed by atoms with Gasteiger partial charge in [-0.3, -0.25) is 4.79 Å². The zero-order chi connectivity index (χ0) is 19.6. The molecule has 1 heterocycles. The SMILES string of the molecule is CCN(CC)S(=O)(=O)c1ccc(O)c(NC(=O)c2cc3ccccc3o2)c1. The fourth-order valence-electron chi connectivity index (χ4n) is 2.77. The van der Waals surface area contributed by atoms with E-state index in [0.29, 0.717) is 18.7 Å². The summed E-state index contributed by atoms with van der Waals surface area (Å²) in [7, 11) is -3.71. The molecule has 2 aromatic carbocycles. The zero-order valence-electron chi connectivity index (χ0n) is 15.0. The van der Waals surface area contributed by atoms with Crippen molar-refractivity contribution in [1.29, 1.82) is 0 Å². The molecule has 0 radical (unpaired) electrons. The zero-order valence-corrected chi connectivity index (χ0v) is 15.8. The third kappa shape index (κ3) is 3.67. The molecule has 142 valence electrons. The number of nitrogens with zero attached hydrogens (tertiary/aromatic N) is 1. The summed E-state index contributed by atoms with van der Waals surface area (Å²) < 4.78 is 32.1. The van der Waals surface area contributed by atoms with Crippen LogP contribution >= 0.6 is 0 Å². The molecule has 2 N–H and O–H groups in total. The molecule has 0 atom stereocenters. The number of rotatable bonds is 6. The second-order valence-corrected chi connectivity index (χ2v) is 7.81. The van der Waals surface area contributed by atoms with Gasteiger partial charge in [-0.05, 0) is 30.3 Å². The van der Waals surface area contributed by atoms with Crippen molar-refractivity contribution in [1.82, 2.24) is 4.31 Å². The lowest BCUT2D eigenvalue weighted by atomic mass is 10.2. The fraction of sp³-hybridized carbons (Fsp3) is 0.211. The highest BCUT2D eigenvalue weighted by Crippen LogP contribution is 2.29. The van der Waals surface area contributed by atoms with Crippen LogP contribution in [0.3, 0.4) is 0 Å². The summed E-state index contributed by atoms with van der Waals surface area (Å²) in [5, 5.41) is 13.3. The van der Waals surface area contributed by atoms with Gasteiger partial charge < -0.3 is 14.8 Å². The van der Waals surface area contributed by atoms with Crippen molar-refractivity contribution < 1.29 is 22.7 Å². The highest BCUT2D eigenvalue weighted by Gasteiger charge is 2.23. The number of amides is 1. The Balaban J connectivity index is 1.91. The van der Waals surface area contributed by atoms with E-state index in [1.807, 2.05) is 12.1 Å². The molecular weight excluding hydrogens is 368 g/mol. The van der Waals surface area contributed by atoms with Crippen molar-refractivity contribution in [2.45, 2.75) is 18.7 Å². The molecule has 0 bridgehead atoms. The summed E-state index contributed by atoms with van der Waals surface area (Å²) in [6.07, 6.45) is 0. The summed E-state index contributed by atoms with van der Waals surface area (Å²) in [6.45, 7) is 4.12. The minimum atomic E-state index is -3.71. The number of benzene rings is 2.